The first-order valence-corrected chi connectivity index (χ1v) is 6.22. The number of anilines is 1. The van der Waals surface area contributed by atoms with E-state index in [1.54, 1.807) is 6.21 Å². The lowest BCUT2D eigenvalue weighted by Crippen LogP contribution is -2.08. The molecular weight excluding hydrogens is 236 g/mol. The lowest BCUT2D eigenvalue weighted by Gasteiger charge is -2.11. The van der Waals surface area contributed by atoms with E-state index >= 15 is 0 Å². The van der Waals surface area contributed by atoms with Crippen molar-refractivity contribution in [1.82, 2.24) is 0 Å². The Balaban J connectivity index is 1.85. The van der Waals surface area contributed by atoms with Gasteiger partial charge in [-0.1, -0.05) is 47.6 Å². The molecule has 3 nitrogen and oxygen atoms in total. The van der Waals surface area contributed by atoms with Gasteiger partial charge in [-0.25, -0.2) is 0 Å². The molecule has 0 atom stereocenters. The Kier molecular flexibility index (Phi) is 4.56. The number of rotatable bonds is 5. The highest BCUT2D eigenvalue weighted by atomic mass is 16.6. The van der Waals surface area contributed by atoms with E-state index in [0.717, 1.165) is 11.1 Å². The molecule has 0 unspecified atom stereocenters. The van der Waals surface area contributed by atoms with Crippen LogP contribution in [0.5, 0.6) is 0 Å². The number of benzene rings is 2. The van der Waals surface area contributed by atoms with Crippen LogP contribution in [-0.4, -0.2) is 20.3 Å². The third kappa shape index (κ3) is 4.14. The summed E-state index contributed by atoms with van der Waals surface area (Å²) in [6.07, 6.45) is 1.72. The van der Waals surface area contributed by atoms with Crippen molar-refractivity contribution in [1.29, 1.82) is 0 Å². The highest BCUT2D eigenvalue weighted by Crippen LogP contribution is 2.11. The second kappa shape index (κ2) is 6.59. The van der Waals surface area contributed by atoms with Crippen LogP contribution in [0.2, 0.25) is 0 Å². The van der Waals surface area contributed by atoms with E-state index in [2.05, 4.69) is 22.2 Å². The van der Waals surface area contributed by atoms with Crippen LogP contribution in [0.1, 0.15) is 11.1 Å². The summed E-state index contributed by atoms with van der Waals surface area (Å²) in [4.78, 5) is 7.32. The molecule has 0 aliphatic carbocycles. The van der Waals surface area contributed by atoms with Crippen LogP contribution in [-0.2, 0) is 11.4 Å². The minimum absolute atomic E-state index is 0.493. The van der Waals surface area contributed by atoms with Crippen molar-refractivity contribution in [3.05, 3.63) is 65.7 Å². The van der Waals surface area contributed by atoms with Gasteiger partial charge < -0.3 is 9.74 Å². The molecule has 0 heterocycles. The van der Waals surface area contributed by atoms with Gasteiger partial charge in [-0.05, 0) is 23.3 Å². The minimum atomic E-state index is 0.493. The second-order valence-corrected chi connectivity index (χ2v) is 4.48. The van der Waals surface area contributed by atoms with E-state index in [4.69, 9.17) is 4.84 Å². The molecule has 0 N–H and O–H groups in total. The van der Waals surface area contributed by atoms with Crippen LogP contribution in [0.4, 0.5) is 5.69 Å². The van der Waals surface area contributed by atoms with E-state index in [1.807, 2.05) is 56.6 Å². The molecular formula is C16H18N2O. The molecule has 2 aromatic carbocycles. The Morgan fingerprint density at radius 2 is 1.68 bits per heavy atom. The summed E-state index contributed by atoms with van der Waals surface area (Å²) in [6.45, 7) is 0.493. The standard InChI is InChI=1S/C16H18N2O/c1-18(2)16-10-8-14(9-11-16)12-17-19-13-15-6-4-3-5-7-15/h3-12H,13H2,1-2H3/b17-12+. The Bertz CT molecular complexity index is 518. The Labute approximate surface area is 114 Å². The zero-order valence-corrected chi connectivity index (χ0v) is 11.3. The molecule has 0 amide bonds. The van der Waals surface area contributed by atoms with Crippen molar-refractivity contribution >= 4 is 11.9 Å². The molecule has 0 bridgehead atoms. The highest BCUT2D eigenvalue weighted by Gasteiger charge is 1.94. The zero-order chi connectivity index (χ0) is 13.5. The summed E-state index contributed by atoms with van der Waals surface area (Å²) >= 11 is 0. The SMILES string of the molecule is CN(C)c1ccc(/C=N/OCc2ccccc2)cc1. The predicted octanol–water partition coefficient (Wildman–Crippen LogP) is 3.30. The molecule has 0 saturated heterocycles. The Morgan fingerprint density at radius 1 is 1.00 bits per heavy atom. The second-order valence-electron chi connectivity index (χ2n) is 4.48. The third-order valence-electron chi connectivity index (χ3n) is 2.76. The first kappa shape index (κ1) is 13.1. The third-order valence-corrected chi connectivity index (χ3v) is 2.76. The van der Waals surface area contributed by atoms with Gasteiger partial charge in [0.1, 0.15) is 6.61 Å². The van der Waals surface area contributed by atoms with Gasteiger partial charge in [-0.3, -0.25) is 0 Å². The summed E-state index contributed by atoms with van der Waals surface area (Å²) in [5, 5.41) is 3.97. The van der Waals surface area contributed by atoms with E-state index in [-0.39, 0.29) is 0 Å². The fraction of sp³-hybridized carbons (Fsp3) is 0.188. The fourth-order valence-electron chi connectivity index (χ4n) is 1.64. The molecule has 0 aliphatic heterocycles. The maximum atomic E-state index is 5.26. The van der Waals surface area contributed by atoms with Crippen LogP contribution >= 0.6 is 0 Å². The van der Waals surface area contributed by atoms with Crippen LogP contribution in [0.15, 0.2) is 59.8 Å². The van der Waals surface area contributed by atoms with Gasteiger partial charge in [0.25, 0.3) is 0 Å². The maximum Gasteiger partial charge on any atom is 0.142 e. The molecule has 0 fully saturated rings. The van der Waals surface area contributed by atoms with Gasteiger partial charge in [0, 0.05) is 19.8 Å². The smallest absolute Gasteiger partial charge is 0.142 e. The monoisotopic (exact) mass is 254 g/mol. The van der Waals surface area contributed by atoms with Gasteiger partial charge in [-0.15, -0.1) is 0 Å². The molecule has 0 aliphatic rings. The van der Waals surface area contributed by atoms with Gasteiger partial charge in [0.15, 0.2) is 0 Å². The molecule has 0 radical (unpaired) electrons. The quantitative estimate of drug-likeness (QED) is 0.604. The van der Waals surface area contributed by atoms with E-state index in [1.165, 1.54) is 5.69 Å². The largest absolute Gasteiger partial charge is 0.391 e. The number of hydrogen-bond acceptors (Lipinski definition) is 3. The Morgan fingerprint density at radius 3 is 2.32 bits per heavy atom. The zero-order valence-electron chi connectivity index (χ0n) is 11.3. The van der Waals surface area contributed by atoms with Gasteiger partial charge in [-0.2, -0.15) is 0 Å². The molecule has 0 saturated carbocycles. The number of oxime groups is 1. The maximum absolute atomic E-state index is 5.26. The van der Waals surface area contributed by atoms with Crippen molar-refractivity contribution in [2.45, 2.75) is 6.61 Å². The van der Waals surface area contributed by atoms with Gasteiger partial charge >= 0.3 is 0 Å². The molecule has 98 valence electrons. The highest BCUT2D eigenvalue weighted by molar-refractivity contribution is 5.79. The lowest BCUT2D eigenvalue weighted by molar-refractivity contribution is 0.132. The Hall–Kier alpha value is -2.29. The molecule has 2 aromatic rings. The first-order chi connectivity index (χ1) is 9.25. The number of nitrogens with zero attached hydrogens (tertiary/aromatic N) is 2. The minimum Gasteiger partial charge on any atom is -0.391 e. The fourth-order valence-corrected chi connectivity index (χ4v) is 1.64. The van der Waals surface area contributed by atoms with E-state index < -0.39 is 0 Å². The van der Waals surface area contributed by atoms with Crippen LogP contribution in [0.3, 0.4) is 0 Å². The molecule has 2 rings (SSSR count). The summed E-state index contributed by atoms with van der Waals surface area (Å²) in [6, 6.07) is 18.1. The number of hydrogen-bond donors (Lipinski definition) is 0. The predicted molar refractivity (Wildman–Crippen MR) is 79.6 cm³/mol. The van der Waals surface area contributed by atoms with Crippen molar-refractivity contribution < 1.29 is 4.84 Å². The normalized spacial score (nSPS) is 10.6. The van der Waals surface area contributed by atoms with E-state index in [9.17, 15) is 0 Å². The molecule has 0 spiro atoms. The summed E-state index contributed by atoms with van der Waals surface area (Å²) < 4.78 is 0. The molecule has 0 aromatic heterocycles. The molecule has 3 heteroatoms. The first-order valence-electron chi connectivity index (χ1n) is 6.22. The summed E-state index contributed by atoms with van der Waals surface area (Å²) in [7, 11) is 4.04. The van der Waals surface area contributed by atoms with Gasteiger partial charge in [0.2, 0.25) is 0 Å². The van der Waals surface area contributed by atoms with Crippen molar-refractivity contribution in [2.24, 2.45) is 5.16 Å². The molecule has 19 heavy (non-hydrogen) atoms. The average molecular weight is 254 g/mol. The van der Waals surface area contributed by atoms with Crippen molar-refractivity contribution in [3.8, 4) is 0 Å². The van der Waals surface area contributed by atoms with Crippen molar-refractivity contribution in [3.63, 3.8) is 0 Å². The average Bonchev–Trinajstić information content (AvgIpc) is 2.45. The lowest BCUT2D eigenvalue weighted by atomic mass is 10.2. The van der Waals surface area contributed by atoms with Gasteiger partial charge in [0.05, 0.1) is 6.21 Å². The van der Waals surface area contributed by atoms with Crippen molar-refractivity contribution in [2.75, 3.05) is 19.0 Å². The van der Waals surface area contributed by atoms with E-state index in [0.29, 0.717) is 6.61 Å². The topological polar surface area (TPSA) is 24.8 Å². The van der Waals surface area contributed by atoms with Crippen LogP contribution < -0.4 is 4.90 Å². The summed E-state index contributed by atoms with van der Waals surface area (Å²) in [5.41, 5.74) is 3.31. The van der Waals surface area contributed by atoms with Crippen LogP contribution in [0, 0.1) is 0 Å². The summed E-state index contributed by atoms with van der Waals surface area (Å²) in [5.74, 6) is 0. The van der Waals surface area contributed by atoms with Crippen LogP contribution in [0.25, 0.3) is 0 Å².